The second kappa shape index (κ2) is 8.22. The molecule has 8 heteroatoms. The monoisotopic (exact) mass is 394 g/mol. The van der Waals surface area contributed by atoms with Crippen LogP contribution < -0.4 is 20.1 Å². The lowest BCUT2D eigenvalue weighted by Gasteiger charge is -2.05. The fourth-order valence-electron chi connectivity index (χ4n) is 3.19. The van der Waals surface area contributed by atoms with Gasteiger partial charge in [0.1, 0.15) is 0 Å². The van der Waals surface area contributed by atoms with Crippen LogP contribution in [0.25, 0.3) is 5.52 Å². The zero-order chi connectivity index (χ0) is 20.2. The topological polar surface area (TPSA) is 94.0 Å². The number of carbonyl (C=O) groups is 2. The van der Waals surface area contributed by atoms with Gasteiger partial charge in [0.15, 0.2) is 17.2 Å². The summed E-state index contributed by atoms with van der Waals surface area (Å²) in [4.78, 5) is 29.8. The molecule has 150 valence electrons. The fraction of sp³-hybridized carbons (Fsp3) is 0.286. The van der Waals surface area contributed by atoms with Crippen molar-refractivity contribution in [2.24, 2.45) is 0 Å². The van der Waals surface area contributed by atoms with E-state index >= 15 is 0 Å². The number of anilines is 1. The molecule has 29 heavy (non-hydrogen) atoms. The third kappa shape index (κ3) is 3.87. The molecule has 8 nitrogen and oxygen atoms in total. The predicted octanol–water partition coefficient (Wildman–Crippen LogP) is 3.24. The molecule has 2 N–H and O–H groups in total. The first-order chi connectivity index (χ1) is 14.2. The van der Waals surface area contributed by atoms with Gasteiger partial charge in [-0.25, -0.2) is 4.98 Å². The maximum absolute atomic E-state index is 12.9. The normalized spacial score (nSPS) is 12.2. The summed E-state index contributed by atoms with van der Waals surface area (Å²) in [6.07, 6.45) is 4.75. The van der Waals surface area contributed by atoms with Gasteiger partial charge >= 0.3 is 0 Å². The molecule has 4 rings (SSSR count). The van der Waals surface area contributed by atoms with E-state index in [0.29, 0.717) is 29.2 Å². The lowest BCUT2D eigenvalue weighted by molar-refractivity contribution is 0.0950. The van der Waals surface area contributed by atoms with Gasteiger partial charge in [0.05, 0.1) is 5.52 Å². The number of hydrogen-bond acceptors (Lipinski definition) is 5. The van der Waals surface area contributed by atoms with Gasteiger partial charge in [-0.05, 0) is 30.7 Å². The molecule has 1 aromatic carbocycles. The molecule has 0 fully saturated rings. The van der Waals surface area contributed by atoms with E-state index in [-0.39, 0.29) is 24.2 Å². The largest absolute Gasteiger partial charge is 0.454 e. The van der Waals surface area contributed by atoms with E-state index in [4.69, 9.17) is 9.47 Å². The molecular formula is C21H22N4O4. The van der Waals surface area contributed by atoms with Crippen LogP contribution in [0.5, 0.6) is 11.5 Å². The Hall–Kier alpha value is -3.55. The minimum Gasteiger partial charge on any atom is -0.454 e. The number of rotatable bonds is 7. The van der Waals surface area contributed by atoms with Crippen molar-refractivity contribution in [3.05, 3.63) is 54.1 Å². The summed E-state index contributed by atoms with van der Waals surface area (Å²) in [6.45, 7) is 2.85. The SMILES string of the molecule is CCCCCNC(=O)c1nc(C(=O)Nc2ccc3c(c2)OCO3)n2ccccc12. The number of pyridine rings is 1. The number of unbranched alkanes of at least 4 members (excludes halogenated alkanes) is 2. The van der Waals surface area contributed by atoms with Crippen molar-refractivity contribution in [1.29, 1.82) is 0 Å². The Kier molecular flexibility index (Phi) is 5.33. The van der Waals surface area contributed by atoms with Crippen molar-refractivity contribution in [3.8, 4) is 11.5 Å². The predicted molar refractivity (Wildman–Crippen MR) is 108 cm³/mol. The Morgan fingerprint density at radius 2 is 1.97 bits per heavy atom. The van der Waals surface area contributed by atoms with Crippen LogP contribution in [0.15, 0.2) is 42.6 Å². The average Bonchev–Trinajstić information content (AvgIpc) is 3.35. The highest BCUT2D eigenvalue weighted by atomic mass is 16.7. The van der Waals surface area contributed by atoms with Crippen molar-refractivity contribution in [1.82, 2.24) is 14.7 Å². The van der Waals surface area contributed by atoms with Crippen LogP contribution in [0.2, 0.25) is 0 Å². The van der Waals surface area contributed by atoms with E-state index in [0.717, 1.165) is 19.3 Å². The molecule has 2 aromatic heterocycles. The van der Waals surface area contributed by atoms with Crippen LogP contribution >= 0.6 is 0 Å². The zero-order valence-electron chi connectivity index (χ0n) is 16.1. The highest BCUT2D eigenvalue weighted by Gasteiger charge is 2.22. The lowest BCUT2D eigenvalue weighted by atomic mass is 10.2. The molecule has 0 radical (unpaired) electrons. The third-order valence-corrected chi connectivity index (χ3v) is 4.66. The number of nitrogens with one attached hydrogen (secondary N) is 2. The van der Waals surface area contributed by atoms with Crippen molar-refractivity contribution in [3.63, 3.8) is 0 Å². The second-order valence-corrected chi connectivity index (χ2v) is 6.73. The number of amides is 2. The summed E-state index contributed by atoms with van der Waals surface area (Å²) < 4.78 is 12.2. The smallest absolute Gasteiger partial charge is 0.292 e. The maximum atomic E-state index is 12.9. The summed E-state index contributed by atoms with van der Waals surface area (Å²) >= 11 is 0. The minimum atomic E-state index is -0.421. The number of imidazole rings is 1. The molecule has 3 aromatic rings. The van der Waals surface area contributed by atoms with Gasteiger partial charge in [0.2, 0.25) is 12.6 Å². The Bertz CT molecular complexity index is 1060. The van der Waals surface area contributed by atoms with E-state index in [1.807, 2.05) is 6.07 Å². The molecule has 0 aliphatic carbocycles. The highest BCUT2D eigenvalue weighted by Crippen LogP contribution is 2.34. The third-order valence-electron chi connectivity index (χ3n) is 4.66. The Morgan fingerprint density at radius 3 is 2.83 bits per heavy atom. The molecule has 3 heterocycles. The van der Waals surface area contributed by atoms with Gasteiger partial charge in [-0.1, -0.05) is 25.8 Å². The van der Waals surface area contributed by atoms with Gasteiger partial charge in [-0.15, -0.1) is 0 Å². The molecule has 1 aliphatic rings. The Balaban J connectivity index is 1.57. The van der Waals surface area contributed by atoms with Crippen molar-refractivity contribution in [2.75, 3.05) is 18.7 Å². The standard InChI is InChI=1S/C21H22N4O4/c1-2-3-5-10-22-20(26)18-15-7-4-6-11-25(15)19(24-18)21(27)23-14-8-9-16-17(12-14)29-13-28-16/h4,6-9,11-12H,2-3,5,10,13H2,1H3,(H,22,26)(H,23,27). The van der Waals surface area contributed by atoms with Gasteiger partial charge in [-0.3, -0.25) is 14.0 Å². The molecule has 0 spiro atoms. The van der Waals surface area contributed by atoms with E-state index in [9.17, 15) is 9.59 Å². The number of hydrogen-bond donors (Lipinski definition) is 2. The van der Waals surface area contributed by atoms with Crippen LogP contribution in [0.4, 0.5) is 5.69 Å². The molecule has 1 aliphatic heterocycles. The number of ether oxygens (including phenoxy) is 2. The van der Waals surface area contributed by atoms with Gasteiger partial charge in [-0.2, -0.15) is 0 Å². The summed E-state index contributed by atoms with van der Waals surface area (Å²) in [5.74, 6) is 0.637. The molecule has 0 saturated heterocycles. The lowest BCUT2D eigenvalue weighted by Crippen LogP contribution is -2.25. The van der Waals surface area contributed by atoms with Gasteiger partial charge < -0.3 is 20.1 Å². The zero-order valence-corrected chi connectivity index (χ0v) is 16.1. The molecule has 0 saturated carbocycles. The first-order valence-corrected chi connectivity index (χ1v) is 9.63. The van der Waals surface area contributed by atoms with Gasteiger partial charge in [0.25, 0.3) is 11.8 Å². The van der Waals surface area contributed by atoms with Crippen LogP contribution in [0.3, 0.4) is 0 Å². The van der Waals surface area contributed by atoms with Gasteiger partial charge in [0, 0.05) is 24.5 Å². The van der Waals surface area contributed by atoms with E-state index in [1.165, 1.54) is 0 Å². The van der Waals surface area contributed by atoms with Crippen LogP contribution in [0, 0.1) is 0 Å². The summed E-state index contributed by atoms with van der Waals surface area (Å²) in [7, 11) is 0. The van der Waals surface area contributed by atoms with Crippen LogP contribution in [-0.4, -0.2) is 34.5 Å². The molecule has 2 amide bonds. The quantitative estimate of drug-likeness (QED) is 0.600. The van der Waals surface area contributed by atoms with Crippen LogP contribution in [0.1, 0.15) is 47.3 Å². The van der Waals surface area contributed by atoms with Crippen molar-refractivity contribution < 1.29 is 19.1 Å². The van der Waals surface area contributed by atoms with E-state index in [1.54, 1.807) is 40.9 Å². The molecule has 0 unspecified atom stereocenters. The first-order valence-electron chi connectivity index (χ1n) is 9.63. The molecule has 0 bridgehead atoms. The molecule has 0 atom stereocenters. The summed E-state index contributed by atoms with van der Waals surface area (Å²) in [5.41, 5.74) is 1.37. The number of carbonyl (C=O) groups excluding carboxylic acids is 2. The Morgan fingerprint density at radius 1 is 1.10 bits per heavy atom. The van der Waals surface area contributed by atoms with Crippen molar-refractivity contribution >= 4 is 23.0 Å². The number of aromatic nitrogens is 2. The number of nitrogens with zero attached hydrogens (tertiary/aromatic N) is 2. The average molecular weight is 394 g/mol. The minimum absolute atomic E-state index is 0.136. The van der Waals surface area contributed by atoms with Crippen molar-refractivity contribution in [2.45, 2.75) is 26.2 Å². The second-order valence-electron chi connectivity index (χ2n) is 6.73. The number of fused-ring (bicyclic) bond motifs is 2. The van der Waals surface area contributed by atoms with E-state index in [2.05, 4.69) is 22.5 Å². The maximum Gasteiger partial charge on any atom is 0.292 e. The fourth-order valence-corrected chi connectivity index (χ4v) is 3.19. The summed E-state index contributed by atoms with van der Waals surface area (Å²) in [5, 5.41) is 5.68. The summed E-state index contributed by atoms with van der Waals surface area (Å²) in [6, 6.07) is 10.5. The highest BCUT2D eigenvalue weighted by molar-refractivity contribution is 6.06. The first kappa shape index (κ1) is 18.8. The van der Waals surface area contributed by atoms with E-state index < -0.39 is 5.91 Å². The molecular weight excluding hydrogens is 372 g/mol. The Labute approximate surface area is 167 Å². The number of benzene rings is 1. The van der Waals surface area contributed by atoms with Crippen LogP contribution in [-0.2, 0) is 0 Å².